The largest absolute Gasteiger partial charge is 0.492 e. The van der Waals surface area contributed by atoms with E-state index in [0.29, 0.717) is 12.4 Å². The Labute approximate surface area is 185 Å². The van der Waals surface area contributed by atoms with Gasteiger partial charge in [0, 0.05) is 38.9 Å². The zero-order valence-corrected chi connectivity index (χ0v) is 18.6. The Morgan fingerprint density at radius 1 is 1.06 bits per heavy atom. The van der Waals surface area contributed by atoms with Crippen molar-refractivity contribution in [2.75, 3.05) is 45.9 Å². The minimum atomic E-state index is -0.527. The first-order chi connectivity index (χ1) is 15.0. The second-order valence-electron chi connectivity index (χ2n) is 8.54. The zero-order chi connectivity index (χ0) is 22.1. The number of ether oxygens (including phenoxy) is 1. The van der Waals surface area contributed by atoms with E-state index in [4.69, 9.17) is 4.74 Å². The highest BCUT2D eigenvalue weighted by atomic mass is 19.1. The van der Waals surface area contributed by atoms with E-state index in [-0.39, 0.29) is 11.7 Å². The number of benzene rings is 1. The van der Waals surface area contributed by atoms with Crippen molar-refractivity contribution >= 4 is 0 Å². The van der Waals surface area contributed by atoms with Gasteiger partial charge in [0.1, 0.15) is 23.6 Å². The fraction of sp³-hybridized carbons (Fsp3) is 0.520. The zero-order valence-electron chi connectivity index (χ0n) is 18.6. The van der Waals surface area contributed by atoms with Crippen molar-refractivity contribution in [1.82, 2.24) is 14.8 Å². The highest BCUT2D eigenvalue weighted by molar-refractivity contribution is 5.27. The molecular weight excluding hydrogens is 391 g/mol. The van der Waals surface area contributed by atoms with Gasteiger partial charge in [-0.05, 0) is 61.7 Å². The molecule has 1 saturated heterocycles. The highest BCUT2D eigenvalue weighted by Crippen LogP contribution is 2.35. The van der Waals surface area contributed by atoms with Gasteiger partial charge in [0.15, 0.2) is 0 Å². The van der Waals surface area contributed by atoms with Gasteiger partial charge in [-0.25, -0.2) is 4.39 Å². The Hall–Kier alpha value is -2.49. The van der Waals surface area contributed by atoms with Crippen molar-refractivity contribution < 1.29 is 9.13 Å². The van der Waals surface area contributed by atoms with E-state index in [1.165, 1.54) is 12.1 Å². The Bertz CT molecular complexity index is 829. The summed E-state index contributed by atoms with van der Waals surface area (Å²) in [5.41, 5.74) is 0.360. The van der Waals surface area contributed by atoms with Crippen LogP contribution in [0.2, 0.25) is 0 Å². The molecule has 1 atom stereocenters. The summed E-state index contributed by atoms with van der Waals surface area (Å²) in [7, 11) is 0. The first kappa shape index (κ1) is 23.2. The summed E-state index contributed by atoms with van der Waals surface area (Å²) in [4.78, 5) is 9.39. The van der Waals surface area contributed by atoms with Crippen molar-refractivity contribution in [3.63, 3.8) is 0 Å². The lowest BCUT2D eigenvalue weighted by atomic mass is 9.72. The molecule has 1 aliphatic rings. The summed E-state index contributed by atoms with van der Waals surface area (Å²) in [5, 5.41) is 10.0. The average Bonchev–Trinajstić information content (AvgIpc) is 2.79. The molecule has 31 heavy (non-hydrogen) atoms. The third kappa shape index (κ3) is 6.25. The summed E-state index contributed by atoms with van der Waals surface area (Å²) in [6, 6.07) is 14.6. The molecule has 5 nitrogen and oxygen atoms in total. The lowest BCUT2D eigenvalue weighted by molar-refractivity contribution is 0.114. The lowest BCUT2D eigenvalue weighted by Gasteiger charge is -2.36. The molecule has 0 bridgehead atoms. The van der Waals surface area contributed by atoms with Crippen LogP contribution in [0.1, 0.15) is 32.4 Å². The molecule has 1 unspecified atom stereocenters. The Kier molecular flexibility index (Phi) is 8.39. The molecular formula is C25H33FN4O. The second-order valence-corrected chi connectivity index (χ2v) is 8.54. The number of nitriles is 1. The van der Waals surface area contributed by atoms with E-state index in [9.17, 15) is 9.65 Å². The first-order valence-corrected chi connectivity index (χ1v) is 11.2. The van der Waals surface area contributed by atoms with E-state index in [1.54, 1.807) is 18.3 Å². The lowest BCUT2D eigenvalue weighted by Crippen LogP contribution is -2.47. The Morgan fingerprint density at radius 3 is 2.32 bits per heavy atom. The van der Waals surface area contributed by atoms with E-state index >= 15 is 0 Å². The molecule has 3 rings (SSSR count). The highest BCUT2D eigenvalue weighted by Gasteiger charge is 2.37. The summed E-state index contributed by atoms with van der Waals surface area (Å²) in [6.07, 6.45) is 3.59. The first-order valence-electron chi connectivity index (χ1n) is 11.2. The van der Waals surface area contributed by atoms with E-state index in [2.05, 4.69) is 34.7 Å². The number of halogens is 1. The third-order valence-electron chi connectivity index (χ3n) is 6.31. The predicted molar refractivity (Wildman–Crippen MR) is 120 cm³/mol. The predicted octanol–water partition coefficient (Wildman–Crippen LogP) is 4.11. The molecule has 2 aromatic rings. The molecule has 0 radical (unpaired) electrons. The standard InChI is InChI=1S/C25H33FN4O/c1-21(2)25(20-27,24-6-3-4-12-28-24)11-5-13-29-14-16-30(17-15-29)18-19-31-23-9-7-22(26)8-10-23/h3-4,6-10,12,21H,5,11,13-19H2,1-2H3. The summed E-state index contributed by atoms with van der Waals surface area (Å²) in [6.45, 7) is 10.8. The Morgan fingerprint density at radius 2 is 1.74 bits per heavy atom. The van der Waals surface area contributed by atoms with Gasteiger partial charge >= 0.3 is 0 Å². The number of aromatic nitrogens is 1. The molecule has 1 fully saturated rings. The van der Waals surface area contributed by atoms with Crippen molar-refractivity contribution in [2.24, 2.45) is 5.92 Å². The number of pyridine rings is 1. The molecule has 0 aliphatic carbocycles. The Balaban J connectivity index is 1.39. The monoisotopic (exact) mass is 424 g/mol. The van der Waals surface area contributed by atoms with Crippen LogP contribution in [0.15, 0.2) is 48.7 Å². The fourth-order valence-corrected chi connectivity index (χ4v) is 4.22. The molecule has 0 N–H and O–H groups in total. The molecule has 0 saturated carbocycles. The fourth-order valence-electron chi connectivity index (χ4n) is 4.22. The van der Waals surface area contributed by atoms with E-state index in [1.807, 2.05) is 18.2 Å². The summed E-state index contributed by atoms with van der Waals surface area (Å²) >= 11 is 0. The number of rotatable bonds is 10. The van der Waals surface area contributed by atoms with E-state index < -0.39 is 5.41 Å². The van der Waals surface area contributed by atoms with Gasteiger partial charge in [-0.3, -0.25) is 9.88 Å². The molecule has 0 spiro atoms. The van der Waals surface area contributed by atoms with Crippen LogP contribution in [0.5, 0.6) is 5.75 Å². The van der Waals surface area contributed by atoms with Gasteiger partial charge in [0.25, 0.3) is 0 Å². The van der Waals surface area contributed by atoms with Crippen LogP contribution in [-0.4, -0.2) is 60.7 Å². The maximum atomic E-state index is 12.9. The molecule has 1 aromatic carbocycles. The normalized spacial score (nSPS) is 17.3. The number of piperazine rings is 1. The van der Waals surface area contributed by atoms with E-state index in [0.717, 1.165) is 57.8 Å². The van der Waals surface area contributed by atoms with Crippen LogP contribution >= 0.6 is 0 Å². The van der Waals surface area contributed by atoms with Gasteiger partial charge in [-0.2, -0.15) is 5.26 Å². The molecule has 1 aliphatic heterocycles. The average molecular weight is 425 g/mol. The van der Waals surface area contributed by atoms with Gasteiger partial charge in [-0.1, -0.05) is 19.9 Å². The van der Waals surface area contributed by atoms with Crippen molar-refractivity contribution in [1.29, 1.82) is 5.26 Å². The second kappa shape index (κ2) is 11.2. The van der Waals surface area contributed by atoms with Crippen molar-refractivity contribution in [3.05, 3.63) is 60.2 Å². The topological polar surface area (TPSA) is 52.4 Å². The maximum Gasteiger partial charge on any atom is 0.123 e. The van der Waals surface area contributed by atoms with Crippen LogP contribution in [0.3, 0.4) is 0 Å². The smallest absolute Gasteiger partial charge is 0.123 e. The molecule has 0 amide bonds. The van der Waals surface area contributed by atoms with Crippen molar-refractivity contribution in [3.8, 4) is 11.8 Å². The number of nitrogens with zero attached hydrogens (tertiary/aromatic N) is 4. The SMILES string of the molecule is CC(C)C(C#N)(CCCN1CCN(CCOc2ccc(F)cc2)CC1)c1ccccn1. The third-order valence-corrected chi connectivity index (χ3v) is 6.31. The quantitative estimate of drug-likeness (QED) is 0.574. The number of hydrogen-bond donors (Lipinski definition) is 0. The minimum absolute atomic E-state index is 0.213. The number of hydrogen-bond acceptors (Lipinski definition) is 5. The maximum absolute atomic E-state index is 12.9. The summed E-state index contributed by atoms with van der Waals surface area (Å²) in [5.74, 6) is 0.674. The molecule has 1 aromatic heterocycles. The van der Waals surface area contributed by atoms with Crippen LogP contribution in [0.25, 0.3) is 0 Å². The molecule has 166 valence electrons. The van der Waals surface area contributed by atoms with Crippen LogP contribution in [-0.2, 0) is 5.41 Å². The van der Waals surface area contributed by atoms with Crippen LogP contribution in [0, 0.1) is 23.1 Å². The van der Waals surface area contributed by atoms with Crippen LogP contribution in [0.4, 0.5) is 4.39 Å². The summed E-state index contributed by atoms with van der Waals surface area (Å²) < 4.78 is 18.7. The minimum Gasteiger partial charge on any atom is -0.492 e. The van der Waals surface area contributed by atoms with Gasteiger partial charge in [0.2, 0.25) is 0 Å². The molecule has 6 heteroatoms. The van der Waals surface area contributed by atoms with Gasteiger partial charge < -0.3 is 9.64 Å². The van der Waals surface area contributed by atoms with Gasteiger partial charge in [-0.15, -0.1) is 0 Å². The van der Waals surface area contributed by atoms with Crippen LogP contribution < -0.4 is 4.74 Å². The molecule has 2 heterocycles. The van der Waals surface area contributed by atoms with Crippen molar-refractivity contribution in [2.45, 2.75) is 32.1 Å². The van der Waals surface area contributed by atoms with Gasteiger partial charge in [0.05, 0.1) is 11.8 Å².